The van der Waals surface area contributed by atoms with Crippen LogP contribution in [0.1, 0.15) is 67.2 Å². The lowest BCUT2D eigenvalue weighted by atomic mass is 10.1. The molecule has 2 unspecified atom stereocenters. The summed E-state index contributed by atoms with van der Waals surface area (Å²) >= 11 is 3.95. The lowest BCUT2D eigenvalue weighted by molar-refractivity contribution is 0.0946. The minimum Gasteiger partial charge on any atom is -0.771 e. The summed E-state index contributed by atoms with van der Waals surface area (Å²) in [5.74, 6) is 0.404. The van der Waals surface area contributed by atoms with Crippen molar-refractivity contribution in [1.82, 2.24) is 14.9 Å². The molecule has 0 bridgehead atoms. The lowest BCUT2D eigenvalue weighted by Crippen LogP contribution is -2.38. The summed E-state index contributed by atoms with van der Waals surface area (Å²) in [6, 6.07) is 12.8. The number of carbonyl (C=O) groups is 1. The van der Waals surface area contributed by atoms with Gasteiger partial charge < -0.3 is 14.4 Å². The fraction of sp³-hybridized carbons (Fsp3) is 0.417. The van der Waals surface area contributed by atoms with Gasteiger partial charge in [-0.05, 0) is 54.3 Å². The number of unbranched alkanes of at least 4 members (excludes halogenated alkanes) is 4. The highest BCUT2D eigenvalue weighted by molar-refractivity contribution is 7.79. The Morgan fingerprint density at radius 2 is 1.94 bits per heavy atom. The van der Waals surface area contributed by atoms with Crippen molar-refractivity contribution in [3.63, 3.8) is 0 Å². The third-order valence-corrected chi connectivity index (χ3v) is 6.77. The van der Waals surface area contributed by atoms with Gasteiger partial charge in [-0.15, -0.1) is 0 Å². The predicted octanol–water partition coefficient (Wildman–Crippen LogP) is 5.34. The minimum absolute atomic E-state index is 0.402. The molecule has 172 valence electrons. The molecule has 2 aromatic carbocycles. The van der Waals surface area contributed by atoms with E-state index in [9.17, 15) is 13.6 Å². The number of aryl methyl sites for hydroxylation is 1. The highest BCUT2D eigenvalue weighted by Crippen LogP contribution is 2.23. The van der Waals surface area contributed by atoms with Gasteiger partial charge in [0, 0.05) is 10.6 Å². The zero-order valence-electron chi connectivity index (χ0n) is 18.5. The molecule has 1 aromatic heterocycles. The van der Waals surface area contributed by atoms with Crippen molar-refractivity contribution in [1.29, 1.82) is 0 Å². The second-order valence-corrected chi connectivity index (χ2v) is 9.46. The maximum atomic E-state index is 12.8. The molecule has 3 aromatic rings. The van der Waals surface area contributed by atoms with E-state index in [-0.39, 0.29) is 0 Å². The largest absolute Gasteiger partial charge is 0.771 e. The molecular formula is C24H29ClN3O3S-. The number of amides is 1. The molecule has 0 aliphatic rings. The zero-order chi connectivity index (χ0) is 23.1. The average molecular weight is 475 g/mol. The molecular weight excluding hydrogens is 446 g/mol. The summed E-state index contributed by atoms with van der Waals surface area (Å²) in [6.07, 6.45) is 5.48. The molecule has 0 radical (unpaired) electrons. The van der Waals surface area contributed by atoms with Gasteiger partial charge in [0.25, 0.3) is 5.91 Å². The number of hydrogen-bond acceptors (Lipinski definition) is 4. The molecule has 3 rings (SSSR count). The number of nitrogens with zero attached hydrogens (tertiary/aromatic N) is 2. The highest BCUT2D eigenvalue weighted by atomic mass is 35.5. The van der Waals surface area contributed by atoms with E-state index in [0.717, 1.165) is 54.5 Å². The van der Waals surface area contributed by atoms with Crippen LogP contribution in [0, 0.1) is 6.92 Å². The molecule has 0 saturated heterocycles. The standard InChI is InChI=1S/C24H30ClN3O3S/c1-3-4-5-6-7-12-23(32(30)31)27-24(29)18-13-14-21-22(15-18)28(17(2)26-21)16-19-10-8-9-11-20(19)25/h8-11,13-15,23H,3-7,12,16H2,1-2H3,(H,27,29)(H,30,31)/p-1. The first kappa shape index (κ1) is 24.4. The zero-order valence-corrected chi connectivity index (χ0v) is 20.0. The van der Waals surface area contributed by atoms with Crippen LogP contribution in [-0.2, 0) is 17.6 Å². The van der Waals surface area contributed by atoms with Crippen LogP contribution in [0.2, 0.25) is 5.02 Å². The van der Waals surface area contributed by atoms with Crippen molar-refractivity contribution in [2.45, 2.75) is 64.3 Å². The van der Waals surface area contributed by atoms with Gasteiger partial charge in [-0.25, -0.2) is 4.98 Å². The van der Waals surface area contributed by atoms with Crippen molar-refractivity contribution in [3.8, 4) is 0 Å². The van der Waals surface area contributed by atoms with Crippen molar-refractivity contribution < 1.29 is 13.6 Å². The Hall–Kier alpha value is -2.22. The van der Waals surface area contributed by atoms with E-state index in [4.69, 9.17) is 11.6 Å². The van der Waals surface area contributed by atoms with Crippen molar-refractivity contribution in [2.24, 2.45) is 0 Å². The summed E-state index contributed by atoms with van der Waals surface area (Å²) in [5.41, 5.74) is 2.93. The molecule has 6 nitrogen and oxygen atoms in total. The van der Waals surface area contributed by atoms with Crippen LogP contribution in [0.15, 0.2) is 42.5 Å². The molecule has 0 saturated carbocycles. The fourth-order valence-electron chi connectivity index (χ4n) is 3.76. The normalized spacial score (nSPS) is 13.2. The first-order chi connectivity index (χ1) is 15.4. The molecule has 1 N–H and O–H groups in total. The summed E-state index contributed by atoms with van der Waals surface area (Å²) in [4.78, 5) is 17.4. The number of rotatable bonds is 11. The topological polar surface area (TPSA) is 87.0 Å². The van der Waals surface area contributed by atoms with Crippen LogP contribution in [0.3, 0.4) is 0 Å². The molecule has 0 aliphatic heterocycles. The van der Waals surface area contributed by atoms with Gasteiger partial charge in [-0.1, -0.05) is 68.8 Å². The lowest BCUT2D eigenvalue weighted by Gasteiger charge is -2.21. The second kappa shape index (κ2) is 11.6. The van der Waals surface area contributed by atoms with Gasteiger partial charge in [-0.2, -0.15) is 0 Å². The number of carbonyl (C=O) groups excluding carboxylic acids is 1. The van der Waals surface area contributed by atoms with Crippen LogP contribution in [-0.4, -0.2) is 29.6 Å². The monoisotopic (exact) mass is 474 g/mol. The Balaban J connectivity index is 1.77. The maximum Gasteiger partial charge on any atom is 0.252 e. The summed E-state index contributed by atoms with van der Waals surface area (Å²) in [6.45, 7) is 4.57. The van der Waals surface area contributed by atoms with E-state index in [1.807, 2.05) is 35.8 Å². The van der Waals surface area contributed by atoms with Gasteiger partial charge in [0.1, 0.15) is 5.82 Å². The van der Waals surface area contributed by atoms with Gasteiger partial charge >= 0.3 is 0 Å². The minimum atomic E-state index is -2.38. The van der Waals surface area contributed by atoms with E-state index < -0.39 is 22.4 Å². The maximum absolute atomic E-state index is 12.8. The molecule has 8 heteroatoms. The van der Waals surface area contributed by atoms with E-state index in [1.165, 1.54) is 0 Å². The Morgan fingerprint density at radius 1 is 1.19 bits per heavy atom. The molecule has 1 heterocycles. The van der Waals surface area contributed by atoms with Crippen LogP contribution in [0.4, 0.5) is 0 Å². The third kappa shape index (κ3) is 6.18. The van der Waals surface area contributed by atoms with Crippen molar-refractivity contribution in [2.75, 3.05) is 0 Å². The summed E-state index contributed by atoms with van der Waals surface area (Å²) < 4.78 is 25.3. The second-order valence-electron chi connectivity index (χ2n) is 7.97. The van der Waals surface area contributed by atoms with Crippen molar-refractivity contribution >= 4 is 39.6 Å². The van der Waals surface area contributed by atoms with Crippen LogP contribution in [0.5, 0.6) is 0 Å². The van der Waals surface area contributed by atoms with Gasteiger partial charge in [-0.3, -0.25) is 9.00 Å². The molecule has 0 aliphatic carbocycles. The molecule has 1 amide bonds. The molecule has 0 fully saturated rings. The van der Waals surface area contributed by atoms with Gasteiger partial charge in [0.2, 0.25) is 0 Å². The number of benzene rings is 2. The quantitative estimate of drug-likeness (QED) is 0.300. The number of imidazole rings is 1. The van der Waals surface area contributed by atoms with E-state index in [0.29, 0.717) is 23.6 Å². The number of aromatic nitrogens is 2. The Labute approximate surface area is 196 Å². The number of hydrogen-bond donors (Lipinski definition) is 1. The Bertz CT molecular complexity index is 1100. The smallest absolute Gasteiger partial charge is 0.252 e. The molecule has 32 heavy (non-hydrogen) atoms. The van der Waals surface area contributed by atoms with Crippen molar-refractivity contribution in [3.05, 3.63) is 64.4 Å². The Morgan fingerprint density at radius 3 is 2.66 bits per heavy atom. The molecule has 0 spiro atoms. The number of halogens is 1. The highest BCUT2D eigenvalue weighted by Gasteiger charge is 2.17. The average Bonchev–Trinajstić information content (AvgIpc) is 3.08. The third-order valence-electron chi connectivity index (χ3n) is 5.58. The number of fused-ring (bicyclic) bond motifs is 1. The number of nitrogens with one attached hydrogen (secondary N) is 1. The van der Waals surface area contributed by atoms with Gasteiger partial charge in [0.05, 0.1) is 23.0 Å². The van der Waals surface area contributed by atoms with Crippen LogP contribution >= 0.6 is 11.6 Å². The van der Waals surface area contributed by atoms with E-state index >= 15 is 0 Å². The van der Waals surface area contributed by atoms with E-state index in [1.54, 1.807) is 18.2 Å². The first-order valence-electron chi connectivity index (χ1n) is 11.0. The Kier molecular flexibility index (Phi) is 8.84. The van der Waals surface area contributed by atoms with E-state index in [2.05, 4.69) is 17.2 Å². The predicted molar refractivity (Wildman–Crippen MR) is 129 cm³/mol. The summed E-state index contributed by atoms with van der Waals surface area (Å²) in [5, 5.41) is 2.45. The SMILES string of the molecule is CCCCCCCC(NC(=O)c1ccc2nc(C)n(Cc3ccccc3Cl)c2c1)S(=O)[O-]. The fourth-order valence-corrected chi connectivity index (χ4v) is 4.52. The molecule has 2 atom stereocenters. The summed E-state index contributed by atoms with van der Waals surface area (Å²) in [7, 11) is 0. The first-order valence-corrected chi connectivity index (χ1v) is 12.5. The van der Waals surface area contributed by atoms with Gasteiger partial charge in [0.15, 0.2) is 0 Å². The van der Waals surface area contributed by atoms with Crippen LogP contribution < -0.4 is 5.32 Å². The van der Waals surface area contributed by atoms with Crippen LogP contribution in [0.25, 0.3) is 11.0 Å².